The van der Waals surface area contributed by atoms with Gasteiger partial charge in [0.05, 0.1) is 11.6 Å². The number of hydrogen-bond acceptors (Lipinski definition) is 4. The average molecular weight is 300 g/mol. The Balaban J connectivity index is 1.84. The molecular formula is C16H16N2O4. The minimum atomic E-state index is -0.891. The lowest BCUT2D eigenvalue weighted by molar-refractivity contribution is -0.141. The summed E-state index contributed by atoms with van der Waals surface area (Å²) in [5, 5.41) is 13.1. The van der Waals surface area contributed by atoms with Crippen molar-refractivity contribution in [2.75, 3.05) is 13.1 Å². The van der Waals surface area contributed by atoms with E-state index in [-0.39, 0.29) is 24.1 Å². The summed E-state index contributed by atoms with van der Waals surface area (Å²) in [6, 6.07) is 11.0. The van der Waals surface area contributed by atoms with Crippen LogP contribution in [0.2, 0.25) is 0 Å². The smallest absolute Gasteiger partial charge is 0.308 e. The van der Waals surface area contributed by atoms with E-state index >= 15 is 0 Å². The Kier molecular flexibility index (Phi) is 3.66. The predicted octanol–water partition coefficient (Wildman–Crippen LogP) is 1.92. The fourth-order valence-electron chi connectivity index (χ4n) is 2.88. The van der Waals surface area contributed by atoms with Gasteiger partial charge in [-0.3, -0.25) is 9.59 Å². The van der Waals surface area contributed by atoms with Gasteiger partial charge in [-0.05, 0) is 12.5 Å². The fraction of sp³-hybridized carbons (Fsp3) is 0.312. The summed E-state index contributed by atoms with van der Waals surface area (Å²) in [7, 11) is 0. The fourth-order valence-corrected chi connectivity index (χ4v) is 2.88. The SMILES string of the molecule is Cc1cc(C(=O)N2CC(C(=O)O)C(c3ccccc3)C2)on1. The minimum absolute atomic E-state index is 0.148. The molecule has 2 atom stereocenters. The van der Waals surface area contributed by atoms with Gasteiger partial charge in [0.25, 0.3) is 5.91 Å². The second kappa shape index (κ2) is 5.63. The molecule has 1 aliphatic heterocycles. The van der Waals surface area contributed by atoms with E-state index in [1.165, 1.54) is 4.90 Å². The molecule has 1 aromatic heterocycles. The zero-order valence-electron chi connectivity index (χ0n) is 12.1. The predicted molar refractivity (Wildman–Crippen MR) is 77.5 cm³/mol. The molecule has 1 aromatic carbocycles. The van der Waals surface area contributed by atoms with Gasteiger partial charge in [-0.2, -0.15) is 0 Å². The lowest BCUT2D eigenvalue weighted by Gasteiger charge is -2.15. The van der Waals surface area contributed by atoms with Gasteiger partial charge in [0.1, 0.15) is 0 Å². The van der Waals surface area contributed by atoms with E-state index in [1.807, 2.05) is 30.3 Å². The second-order valence-electron chi connectivity index (χ2n) is 5.50. The van der Waals surface area contributed by atoms with Crippen LogP contribution in [0, 0.1) is 12.8 Å². The Morgan fingerprint density at radius 1 is 1.27 bits per heavy atom. The molecule has 0 bridgehead atoms. The maximum absolute atomic E-state index is 12.4. The second-order valence-corrected chi connectivity index (χ2v) is 5.50. The van der Waals surface area contributed by atoms with Crippen molar-refractivity contribution in [3.05, 3.63) is 53.4 Å². The molecule has 6 heteroatoms. The number of likely N-dealkylation sites (tertiary alicyclic amines) is 1. The lowest BCUT2D eigenvalue weighted by Crippen LogP contribution is -2.29. The first-order valence-corrected chi connectivity index (χ1v) is 7.06. The van der Waals surface area contributed by atoms with E-state index in [0.29, 0.717) is 12.2 Å². The number of carbonyl (C=O) groups is 2. The molecule has 0 saturated carbocycles. The van der Waals surface area contributed by atoms with E-state index in [2.05, 4.69) is 5.16 Å². The van der Waals surface area contributed by atoms with Gasteiger partial charge < -0.3 is 14.5 Å². The van der Waals surface area contributed by atoms with Gasteiger partial charge in [0.2, 0.25) is 5.76 Å². The average Bonchev–Trinajstić information content (AvgIpc) is 3.14. The first kappa shape index (κ1) is 14.3. The van der Waals surface area contributed by atoms with Crippen LogP contribution in [0.1, 0.15) is 27.7 Å². The third-order valence-electron chi connectivity index (χ3n) is 3.99. The van der Waals surface area contributed by atoms with E-state index < -0.39 is 11.9 Å². The number of aliphatic carboxylic acids is 1. The summed E-state index contributed by atoms with van der Waals surface area (Å²) >= 11 is 0. The summed E-state index contributed by atoms with van der Waals surface area (Å²) in [5.74, 6) is -1.89. The Morgan fingerprint density at radius 3 is 2.59 bits per heavy atom. The number of rotatable bonds is 3. The third-order valence-corrected chi connectivity index (χ3v) is 3.99. The molecule has 1 aliphatic rings. The van der Waals surface area contributed by atoms with Crippen molar-refractivity contribution in [3.8, 4) is 0 Å². The summed E-state index contributed by atoms with van der Waals surface area (Å²) in [5.41, 5.74) is 1.55. The maximum Gasteiger partial charge on any atom is 0.308 e. The first-order valence-electron chi connectivity index (χ1n) is 7.06. The molecule has 2 unspecified atom stereocenters. The van der Waals surface area contributed by atoms with Crippen LogP contribution < -0.4 is 0 Å². The van der Waals surface area contributed by atoms with Crippen LogP contribution in [0.3, 0.4) is 0 Å². The quantitative estimate of drug-likeness (QED) is 0.936. The van der Waals surface area contributed by atoms with Crippen LogP contribution in [-0.4, -0.2) is 40.1 Å². The Labute approximate surface area is 127 Å². The molecule has 1 saturated heterocycles. The number of benzene rings is 1. The van der Waals surface area contributed by atoms with Crippen molar-refractivity contribution in [1.82, 2.24) is 10.1 Å². The Morgan fingerprint density at radius 2 is 2.00 bits per heavy atom. The number of amides is 1. The van der Waals surface area contributed by atoms with Gasteiger partial charge in [-0.15, -0.1) is 0 Å². The highest BCUT2D eigenvalue weighted by molar-refractivity contribution is 5.92. The van der Waals surface area contributed by atoms with Crippen LogP contribution in [0.15, 0.2) is 40.9 Å². The van der Waals surface area contributed by atoms with Crippen molar-refractivity contribution < 1.29 is 19.2 Å². The van der Waals surface area contributed by atoms with Gasteiger partial charge >= 0.3 is 5.97 Å². The third kappa shape index (κ3) is 2.59. The zero-order chi connectivity index (χ0) is 15.7. The normalized spacial score (nSPS) is 21.0. The minimum Gasteiger partial charge on any atom is -0.481 e. The van der Waals surface area contributed by atoms with E-state index in [0.717, 1.165) is 5.56 Å². The molecule has 1 N–H and O–H groups in total. The first-order chi connectivity index (χ1) is 10.6. The molecule has 1 amide bonds. The highest BCUT2D eigenvalue weighted by Gasteiger charge is 2.41. The molecular weight excluding hydrogens is 284 g/mol. The standard InChI is InChI=1S/C16H16N2O4/c1-10-7-14(22-17-10)15(19)18-8-12(13(9-18)16(20)21)11-5-3-2-4-6-11/h2-7,12-13H,8-9H2,1H3,(H,20,21). The summed E-state index contributed by atoms with van der Waals surface area (Å²) in [4.78, 5) is 25.4. The highest BCUT2D eigenvalue weighted by atomic mass is 16.5. The Hall–Kier alpha value is -2.63. The molecule has 0 spiro atoms. The van der Waals surface area contributed by atoms with E-state index in [1.54, 1.807) is 13.0 Å². The van der Waals surface area contributed by atoms with Crippen LogP contribution in [0.4, 0.5) is 0 Å². The number of aryl methyl sites for hydroxylation is 1. The van der Waals surface area contributed by atoms with Crippen molar-refractivity contribution in [2.24, 2.45) is 5.92 Å². The van der Waals surface area contributed by atoms with Crippen molar-refractivity contribution in [3.63, 3.8) is 0 Å². The number of carboxylic acids is 1. The number of nitrogens with zero attached hydrogens (tertiary/aromatic N) is 2. The van der Waals surface area contributed by atoms with E-state index in [4.69, 9.17) is 4.52 Å². The van der Waals surface area contributed by atoms with Crippen LogP contribution in [0.5, 0.6) is 0 Å². The van der Waals surface area contributed by atoms with Gasteiger partial charge in [-0.1, -0.05) is 35.5 Å². The molecule has 0 radical (unpaired) electrons. The lowest BCUT2D eigenvalue weighted by atomic mass is 9.89. The van der Waals surface area contributed by atoms with Crippen LogP contribution >= 0.6 is 0 Å². The maximum atomic E-state index is 12.4. The molecule has 3 rings (SSSR count). The van der Waals surface area contributed by atoms with Crippen molar-refractivity contribution in [2.45, 2.75) is 12.8 Å². The molecule has 2 aromatic rings. The summed E-state index contributed by atoms with van der Waals surface area (Å²) in [6.45, 7) is 2.27. The summed E-state index contributed by atoms with van der Waals surface area (Å²) in [6.07, 6.45) is 0. The van der Waals surface area contributed by atoms with Crippen molar-refractivity contribution >= 4 is 11.9 Å². The number of aromatic nitrogens is 1. The van der Waals surface area contributed by atoms with E-state index in [9.17, 15) is 14.7 Å². The molecule has 22 heavy (non-hydrogen) atoms. The zero-order valence-corrected chi connectivity index (χ0v) is 12.1. The van der Waals surface area contributed by atoms with Gasteiger partial charge in [0.15, 0.2) is 0 Å². The monoisotopic (exact) mass is 300 g/mol. The number of hydrogen-bond donors (Lipinski definition) is 1. The molecule has 2 heterocycles. The van der Waals surface area contributed by atoms with Crippen LogP contribution in [-0.2, 0) is 4.79 Å². The number of carbonyl (C=O) groups excluding carboxylic acids is 1. The topological polar surface area (TPSA) is 83.6 Å². The van der Waals surface area contributed by atoms with Gasteiger partial charge in [-0.25, -0.2) is 0 Å². The highest BCUT2D eigenvalue weighted by Crippen LogP contribution is 2.33. The molecule has 114 valence electrons. The molecule has 0 aliphatic carbocycles. The summed E-state index contributed by atoms with van der Waals surface area (Å²) < 4.78 is 4.99. The van der Waals surface area contributed by atoms with Crippen molar-refractivity contribution in [1.29, 1.82) is 0 Å². The Bertz CT molecular complexity index is 695. The van der Waals surface area contributed by atoms with Crippen LogP contribution in [0.25, 0.3) is 0 Å². The molecule has 1 fully saturated rings. The largest absolute Gasteiger partial charge is 0.481 e. The molecule has 6 nitrogen and oxygen atoms in total. The number of carboxylic acid groups (broad SMARTS) is 1. The van der Waals surface area contributed by atoms with Gasteiger partial charge in [0, 0.05) is 25.1 Å².